The zero-order valence-electron chi connectivity index (χ0n) is 9.18. The number of alkyl carbamates (subject to hydrolysis) is 1. The van der Waals surface area contributed by atoms with Crippen molar-refractivity contribution in [2.75, 3.05) is 6.61 Å². The van der Waals surface area contributed by atoms with Crippen LogP contribution < -0.4 is 5.32 Å². The number of ether oxygens (including phenoxy) is 2. The first-order valence-corrected chi connectivity index (χ1v) is 5.34. The SMILES string of the molecule is C[C@H](NC(=O)OCc1ccccc1)C1CO1. The molecule has 1 amide bonds. The Hall–Kier alpha value is -1.55. The lowest BCUT2D eigenvalue weighted by Crippen LogP contribution is -2.36. The molecule has 1 aliphatic heterocycles. The summed E-state index contributed by atoms with van der Waals surface area (Å²) in [6.45, 7) is 2.92. The summed E-state index contributed by atoms with van der Waals surface area (Å²) in [7, 11) is 0. The van der Waals surface area contributed by atoms with Crippen molar-refractivity contribution in [3.05, 3.63) is 35.9 Å². The van der Waals surface area contributed by atoms with Gasteiger partial charge in [-0.1, -0.05) is 30.3 Å². The van der Waals surface area contributed by atoms with Gasteiger partial charge in [-0.2, -0.15) is 0 Å². The van der Waals surface area contributed by atoms with Crippen molar-refractivity contribution in [2.45, 2.75) is 25.7 Å². The summed E-state index contributed by atoms with van der Waals surface area (Å²) in [6.07, 6.45) is -0.240. The Labute approximate surface area is 94.6 Å². The molecule has 0 radical (unpaired) electrons. The molecular weight excluding hydrogens is 206 g/mol. The molecule has 0 saturated carbocycles. The molecule has 1 saturated heterocycles. The number of amides is 1. The minimum atomic E-state index is -0.396. The van der Waals surface area contributed by atoms with Crippen LogP contribution in [0.1, 0.15) is 12.5 Å². The molecular formula is C12H15NO3. The Morgan fingerprint density at radius 3 is 2.88 bits per heavy atom. The first kappa shape index (κ1) is 11.0. The number of carbonyl (C=O) groups excluding carboxylic acids is 1. The van der Waals surface area contributed by atoms with Gasteiger partial charge < -0.3 is 14.8 Å². The van der Waals surface area contributed by atoms with Crippen molar-refractivity contribution in [2.24, 2.45) is 0 Å². The maximum atomic E-state index is 11.4. The van der Waals surface area contributed by atoms with Gasteiger partial charge >= 0.3 is 6.09 Å². The van der Waals surface area contributed by atoms with Gasteiger partial charge in [0, 0.05) is 0 Å². The Morgan fingerprint density at radius 2 is 2.25 bits per heavy atom. The third kappa shape index (κ3) is 3.24. The van der Waals surface area contributed by atoms with E-state index in [1.165, 1.54) is 0 Å². The Bertz CT molecular complexity index is 349. The van der Waals surface area contributed by atoms with Gasteiger partial charge in [0.2, 0.25) is 0 Å². The molecule has 0 spiro atoms. The zero-order chi connectivity index (χ0) is 11.4. The van der Waals surface area contributed by atoms with Crippen LogP contribution in [-0.4, -0.2) is 24.8 Å². The molecule has 1 fully saturated rings. The molecule has 1 aliphatic rings. The lowest BCUT2D eigenvalue weighted by Gasteiger charge is -2.11. The van der Waals surface area contributed by atoms with Crippen LogP contribution in [0.15, 0.2) is 30.3 Å². The highest BCUT2D eigenvalue weighted by atomic mass is 16.6. The lowest BCUT2D eigenvalue weighted by molar-refractivity contribution is 0.134. The summed E-state index contributed by atoms with van der Waals surface area (Å²) >= 11 is 0. The van der Waals surface area contributed by atoms with Gasteiger partial charge in [0.1, 0.15) is 12.7 Å². The van der Waals surface area contributed by atoms with Crippen molar-refractivity contribution >= 4 is 6.09 Å². The minimum Gasteiger partial charge on any atom is -0.445 e. The van der Waals surface area contributed by atoms with Gasteiger partial charge in [0.15, 0.2) is 0 Å². The van der Waals surface area contributed by atoms with Crippen LogP contribution in [0, 0.1) is 0 Å². The van der Waals surface area contributed by atoms with Gasteiger partial charge in [-0.15, -0.1) is 0 Å². The van der Waals surface area contributed by atoms with Crippen molar-refractivity contribution < 1.29 is 14.3 Å². The fourth-order valence-corrected chi connectivity index (χ4v) is 1.39. The number of epoxide rings is 1. The van der Waals surface area contributed by atoms with Crippen LogP contribution in [0.25, 0.3) is 0 Å². The molecule has 1 N–H and O–H groups in total. The molecule has 1 unspecified atom stereocenters. The summed E-state index contributed by atoms with van der Waals surface area (Å²) in [5, 5.41) is 2.73. The predicted molar refractivity (Wildman–Crippen MR) is 59.0 cm³/mol. The maximum absolute atomic E-state index is 11.4. The Kier molecular flexibility index (Phi) is 3.41. The van der Waals surface area contributed by atoms with E-state index in [2.05, 4.69) is 5.32 Å². The number of carbonyl (C=O) groups is 1. The molecule has 1 heterocycles. The van der Waals surface area contributed by atoms with Crippen LogP contribution in [0.3, 0.4) is 0 Å². The van der Waals surface area contributed by atoms with E-state index in [0.717, 1.165) is 12.2 Å². The fraction of sp³-hybridized carbons (Fsp3) is 0.417. The first-order valence-electron chi connectivity index (χ1n) is 5.34. The molecule has 0 aliphatic carbocycles. The van der Waals surface area contributed by atoms with E-state index in [4.69, 9.17) is 9.47 Å². The second-order valence-electron chi connectivity index (χ2n) is 3.87. The fourth-order valence-electron chi connectivity index (χ4n) is 1.39. The molecule has 1 aromatic carbocycles. The monoisotopic (exact) mass is 221 g/mol. The standard InChI is InChI=1S/C12H15NO3/c1-9(11-8-15-11)13-12(14)16-7-10-5-3-2-4-6-10/h2-6,9,11H,7-8H2,1H3,(H,13,14)/t9-,11?/m0/s1. The molecule has 1 aromatic rings. The normalized spacial score (nSPS) is 19.9. The molecule has 2 atom stereocenters. The molecule has 0 aromatic heterocycles. The largest absolute Gasteiger partial charge is 0.445 e. The van der Waals surface area contributed by atoms with Crippen molar-refractivity contribution in [3.8, 4) is 0 Å². The number of benzene rings is 1. The second-order valence-corrected chi connectivity index (χ2v) is 3.87. The highest BCUT2D eigenvalue weighted by Crippen LogP contribution is 2.13. The number of rotatable bonds is 4. The average Bonchev–Trinajstić information content (AvgIpc) is 3.11. The number of hydrogen-bond acceptors (Lipinski definition) is 3. The number of hydrogen-bond donors (Lipinski definition) is 1. The van der Waals surface area contributed by atoms with Gasteiger partial charge in [0.05, 0.1) is 12.6 Å². The minimum absolute atomic E-state index is 0.0169. The van der Waals surface area contributed by atoms with Crippen molar-refractivity contribution in [1.82, 2.24) is 5.32 Å². The third-order valence-corrected chi connectivity index (χ3v) is 2.48. The molecule has 4 heteroatoms. The van der Waals surface area contributed by atoms with Crippen molar-refractivity contribution in [1.29, 1.82) is 0 Å². The quantitative estimate of drug-likeness (QED) is 0.787. The Morgan fingerprint density at radius 1 is 1.56 bits per heavy atom. The molecule has 16 heavy (non-hydrogen) atoms. The van der Waals surface area contributed by atoms with E-state index in [0.29, 0.717) is 6.61 Å². The van der Waals surface area contributed by atoms with Crippen LogP contribution in [0.2, 0.25) is 0 Å². The van der Waals surface area contributed by atoms with Gasteiger partial charge in [-0.25, -0.2) is 4.79 Å². The van der Waals surface area contributed by atoms with Crippen LogP contribution in [0.4, 0.5) is 4.79 Å². The summed E-state index contributed by atoms with van der Waals surface area (Å²) < 4.78 is 10.1. The summed E-state index contributed by atoms with van der Waals surface area (Å²) in [6, 6.07) is 9.61. The van der Waals surface area contributed by atoms with Crippen LogP contribution in [-0.2, 0) is 16.1 Å². The maximum Gasteiger partial charge on any atom is 0.407 e. The van der Waals surface area contributed by atoms with Crippen molar-refractivity contribution in [3.63, 3.8) is 0 Å². The Balaban J connectivity index is 1.71. The second kappa shape index (κ2) is 4.99. The summed E-state index contributed by atoms with van der Waals surface area (Å²) in [4.78, 5) is 11.4. The average molecular weight is 221 g/mol. The van der Waals surface area contributed by atoms with E-state index >= 15 is 0 Å². The van der Waals surface area contributed by atoms with E-state index in [1.54, 1.807) is 0 Å². The van der Waals surface area contributed by atoms with E-state index in [1.807, 2.05) is 37.3 Å². The summed E-state index contributed by atoms with van der Waals surface area (Å²) in [5.74, 6) is 0. The molecule has 2 rings (SSSR count). The predicted octanol–water partition coefficient (Wildman–Crippen LogP) is 1.70. The topological polar surface area (TPSA) is 50.9 Å². The van der Waals surface area contributed by atoms with Crippen LogP contribution >= 0.6 is 0 Å². The molecule has 0 bridgehead atoms. The first-order chi connectivity index (χ1) is 7.75. The van der Waals surface area contributed by atoms with E-state index in [9.17, 15) is 4.79 Å². The van der Waals surface area contributed by atoms with E-state index < -0.39 is 6.09 Å². The number of nitrogens with one attached hydrogen (secondary N) is 1. The molecule has 86 valence electrons. The third-order valence-electron chi connectivity index (χ3n) is 2.48. The van der Waals surface area contributed by atoms with Gasteiger partial charge in [-0.05, 0) is 12.5 Å². The van der Waals surface area contributed by atoms with E-state index in [-0.39, 0.29) is 12.1 Å². The highest BCUT2D eigenvalue weighted by molar-refractivity contribution is 5.67. The van der Waals surface area contributed by atoms with Crippen LogP contribution in [0.5, 0.6) is 0 Å². The smallest absolute Gasteiger partial charge is 0.407 e. The summed E-state index contributed by atoms with van der Waals surface area (Å²) in [5.41, 5.74) is 0.980. The van der Waals surface area contributed by atoms with Gasteiger partial charge in [0.25, 0.3) is 0 Å². The lowest BCUT2D eigenvalue weighted by atomic mass is 10.2. The molecule has 4 nitrogen and oxygen atoms in total. The highest BCUT2D eigenvalue weighted by Gasteiger charge is 2.30. The zero-order valence-corrected chi connectivity index (χ0v) is 9.18. The van der Waals surface area contributed by atoms with Gasteiger partial charge in [-0.3, -0.25) is 0 Å².